The van der Waals surface area contributed by atoms with E-state index < -0.39 is 11.7 Å². The van der Waals surface area contributed by atoms with Crippen molar-refractivity contribution in [3.8, 4) is 0 Å². The van der Waals surface area contributed by atoms with E-state index in [1.54, 1.807) is 18.9 Å². The van der Waals surface area contributed by atoms with Gasteiger partial charge in [-0.05, 0) is 36.5 Å². The van der Waals surface area contributed by atoms with Crippen molar-refractivity contribution in [1.82, 2.24) is 4.90 Å². The number of carbonyl (C=O) groups excluding carboxylic acids is 1. The van der Waals surface area contributed by atoms with Gasteiger partial charge in [-0.1, -0.05) is 32.9 Å². The minimum absolute atomic E-state index is 0. The van der Waals surface area contributed by atoms with Gasteiger partial charge in [-0.15, -0.1) is 12.4 Å². The zero-order valence-electron chi connectivity index (χ0n) is 15.1. The van der Waals surface area contributed by atoms with Crippen LogP contribution in [0.1, 0.15) is 38.3 Å². The number of nitrogens with two attached hydrogens (primary N) is 1. The average Bonchev–Trinajstić information content (AvgIpc) is 2.50. The molecule has 1 amide bonds. The van der Waals surface area contributed by atoms with Crippen molar-refractivity contribution >= 4 is 18.3 Å². The predicted octanol–water partition coefficient (Wildman–Crippen LogP) is 4.14. The molecule has 0 aromatic heterocycles. The highest BCUT2D eigenvalue weighted by atomic mass is 35.5. The molecule has 0 heterocycles. The topological polar surface area (TPSA) is 46.3 Å². The van der Waals surface area contributed by atoms with E-state index in [0.29, 0.717) is 18.9 Å². The Hall–Kier alpha value is -1.27. The Labute approximate surface area is 154 Å². The Kier molecular flexibility index (Phi) is 9.51. The fourth-order valence-corrected chi connectivity index (χ4v) is 2.43. The average molecular weight is 381 g/mol. The summed E-state index contributed by atoms with van der Waals surface area (Å²) in [7, 11) is 1.73. The Bertz CT molecular complexity index is 532. The van der Waals surface area contributed by atoms with Crippen molar-refractivity contribution in [1.29, 1.82) is 0 Å². The van der Waals surface area contributed by atoms with Crippen molar-refractivity contribution in [2.24, 2.45) is 17.6 Å². The lowest BCUT2D eigenvalue weighted by Gasteiger charge is -2.24. The summed E-state index contributed by atoms with van der Waals surface area (Å²) in [6.07, 6.45) is -3.19. The first kappa shape index (κ1) is 23.7. The maximum atomic E-state index is 12.6. The Morgan fingerprint density at radius 3 is 2.12 bits per heavy atom. The molecule has 0 radical (unpaired) electrons. The molecule has 0 aliphatic heterocycles. The lowest BCUT2D eigenvalue weighted by atomic mass is 9.98. The second kappa shape index (κ2) is 10.0. The molecular weight excluding hydrogens is 353 g/mol. The minimum atomic E-state index is -4.34. The van der Waals surface area contributed by atoms with Crippen LogP contribution >= 0.6 is 12.4 Å². The van der Waals surface area contributed by atoms with E-state index in [9.17, 15) is 18.0 Å². The van der Waals surface area contributed by atoms with Crippen molar-refractivity contribution in [3.63, 3.8) is 0 Å². The molecule has 0 aliphatic carbocycles. The summed E-state index contributed by atoms with van der Waals surface area (Å²) in [5.41, 5.74) is 6.03. The van der Waals surface area contributed by atoms with Gasteiger partial charge >= 0.3 is 6.18 Å². The van der Waals surface area contributed by atoms with Gasteiger partial charge in [0.25, 0.3) is 0 Å². The molecule has 0 saturated heterocycles. The zero-order chi connectivity index (χ0) is 18.5. The third kappa shape index (κ3) is 7.65. The van der Waals surface area contributed by atoms with Crippen LogP contribution in [0.25, 0.3) is 0 Å². The van der Waals surface area contributed by atoms with Crippen molar-refractivity contribution < 1.29 is 18.0 Å². The van der Waals surface area contributed by atoms with Gasteiger partial charge in [-0.3, -0.25) is 4.79 Å². The zero-order valence-corrected chi connectivity index (χ0v) is 16.0. The summed E-state index contributed by atoms with van der Waals surface area (Å²) < 4.78 is 37.7. The molecule has 2 unspecified atom stereocenters. The van der Waals surface area contributed by atoms with Gasteiger partial charge in [0.05, 0.1) is 5.56 Å². The first-order valence-corrected chi connectivity index (χ1v) is 8.19. The fraction of sp³-hybridized carbons (Fsp3) is 0.611. The number of rotatable bonds is 7. The molecule has 0 bridgehead atoms. The first-order chi connectivity index (χ1) is 11.0. The molecule has 0 fully saturated rings. The van der Waals surface area contributed by atoms with Crippen LogP contribution in [0.5, 0.6) is 0 Å². The quantitative estimate of drug-likeness (QED) is 0.772. The van der Waals surface area contributed by atoms with E-state index in [1.165, 1.54) is 12.1 Å². The van der Waals surface area contributed by atoms with Crippen LogP contribution in [0.3, 0.4) is 0 Å². The molecule has 1 aromatic rings. The van der Waals surface area contributed by atoms with Crippen LogP contribution in [0.15, 0.2) is 24.3 Å². The Balaban J connectivity index is 0.00000576. The monoisotopic (exact) mass is 380 g/mol. The first-order valence-electron chi connectivity index (χ1n) is 8.19. The van der Waals surface area contributed by atoms with Gasteiger partial charge in [0, 0.05) is 25.6 Å². The number of hydrogen-bond acceptors (Lipinski definition) is 2. The van der Waals surface area contributed by atoms with Crippen molar-refractivity contribution in [2.75, 3.05) is 13.6 Å². The van der Waals surface area contributed by atoms with Crippen LogP contribution in [-0.4, -0.2) is 30.4 Å². The highest BCUT2D eigenvalue weighted by molar-refractivity contribution is 5.85. The summed E-state index contributed by atoms with van der Waals surface area (Å²) in [5.74, 6) is 0.0472. The standard InChI is InChI=1S/C18H27F3N2O.ClH/c1-12(2)16(22)9-10-23(4)17(24)13(3)11-14-5-7-15(8-6-14)18(19,20)21;/h5-8,12-13,16H,9-11,22H2,1-4H3;1H. The minimum Gasteiger partial charge on any atom is -0.345 e. The van der Waals surface area contributed by atoms with Gasteiger partial charge in [-0.2, -0.15) is 13.2 Å². The Morgan fingerprint density at radius 1 is 1.16 bits per heavy atom. The number of nitrogens with zero attached hydrogens (tertiary/aromatic N) is 1. The molecular formula is C18H28ClF3N2O. The summed E-state index contributed by atoms with van der Waals surface area (Å²) >= 11 is 0. The lowest BCUT2D eigenvalue weighted by molar-refractivity contribution is -0.137. The summed E-state index contributed by atoms with van der Waals surface area (Å²) in [4.78, 5) is 14.0. The third-order valence-corrected chi connectivity index (χ3v) is 4.28. The van der Waals surface area contributed by atoms with E-state index in [-0.39, 0.29) is 30.3 Å². The molecule has 2 atom stereocenters. The summed E-state index contributed by atoms with van der Waals surface area (Å²) in [6.45, 7) is 6.45. The van der Waals surface area contributed by atoms with Crippen LogP contribution in [0, 0.1) is 11.8 Å². The molecule has 3 nitrogen and oxygen atoms in total. The maximum absolute atomic E-state index is 12.6. The molecule has 1 aromatic carbocycles. The van der Waals surface area contributed by atoms with Gasteiger partial charge in [0.2, 0.25) is 5.91 Å². The molecule has 25 heavy (non-hydrogen) atoms. The number of alkyl halides is 3. The normalized spacial score (nSPS) is 14.0. The SMILES string of the molecule is CC(Cc1ccc(C(F)(F)F)cc1)C(=O)N(C)CCC(N)C(C)C.Cl. The van der Waals surface area contributed by atoms with E-state index in [4.69, 9.17) is 5.73 Å². The van der Waals surface area contributed by atoms with E-state index in [0.717, 1.165) is 24.1 Å². The number of carbonyl (C=O) groups is 1. The smallest absolute Gasteiger partial charge is 0.345 e. The number of hydrogen-bond donors (Lipinski definition) is 1. The van der Waals surface area contributed by atoms with Crippen LogP contribution < -0.4 is 5.73 Å². The largest absolute Gasteiger partial charge is 0.416 e. The lowest BCUT2D eigenvalue weighted by Crippen LogP contribution is -2.37. The fourth-order valence-electron chi connectivity index (χ4n) is 2.43. The molecule has 1 rings (SSSR count). The van der Waals surface area contributed by atoms with E-state index in [2.05, 4.69) is 0 Å². The van der Waals surface area contributed by atoms with Crippen molar-refractivity contribution in [2.45, 2.75) is 45.8 Å². The number of halogens is 4. The second-order valence-corrected chi connectivity index (χ2v) is 6.76. The molecule has 144 valence electrons. The van der Waals surface area contributed by atoms with Gasteiger partial charge in [-0.25, -0.2) is 0 Å². The van der Waals surface area contributed by atoms with Crippen LogP contribution in [0.2, 0.25) is 0 Å². The van der Waals surface area contributed by atoms with E-state index >= 15 is 0 Å². The van der Waals surface area contributed by atoms with Gasteiger partial charge in [0.1, 0.15) is 0 Å². The molecule has 0 aliphatic rings. The number of benzene rings is 1. The van der Waals surface area contributed by atoms with Gasteiger partial charge < -0.3 is 10.6 Å². The second-order valence-electron chi connectivity index (χ2n) is 6.76. The maximum Gasteiger partial charge on any atom is 0.416 e. The van der Waals surface area contributed by atoms with Crippen molar-refractivity contribution in [3.05, 3.63) is 35.4 Å². The summed E-state index contributed by atoms with van der Waals surface area (Å²) in [5, 5.41) is 0. The Morgan fingerprint density at radius 2 is 1.68 bits per heavy atom. The molecule has 7 heteroatoms. The highest BCUT2D eigenvalue weighted by Gasteiger charge is 2.30. The summed E-state index contributed by atoms with van der Waals surface area (Å²) in [6, 6.07) is 5.02. The molecule has 0 spiro atoms. The van der Waals surface area contributed by atoms with E-state index in [1.807, 2.05) is 13.8 Å². The van der Waals surface area contributed by atoms with Crippen LogP contribution in [0.4, 0.5) is 13.2 Å². The molecule has 2 N–H and O–H groups in total. The van der Waals surface area contributed by atoms with Crippen LogP contribution in [-0.2, 0) is 17.4 Å². The third-order valence-electron chi connectivity index (χ3n) is 4.28. The number of amides is 1. The molecule has 0 saturated carbocycles. The van der Waals surface area contributed by atoms with Gasteiger partial charge in [0.15, 0.2) is 0 Å². The highest BCUT2D eigenvalue weighted by Crippen LogP contribution is 2.29. The predicted molar refractivity (Wildman–Crippen MR) is 96.6 cm³/mol.